The van der Waals surface area contributed by atoms with E-state index in [4.69, 9.17) is 5.26 Å². The normalized spacial score (nSPS) is 10.1. The molecule has 0 amide bonds. The molecule has 1 aromatic rings. The summed E-state index contributed by atoms with van der Waals surface area (Å²) in [6.07, 6.45) is 3.98. The molecule has 0 atom stereocenters. The Bertz CT molecular complexity index is 311. The molecule has 1 N–H and O–H groups in total. The van der Waals surface area contributed by atoms with Gasteiger partial charge in [0.25, 0.3) is 0 Å². The maximum atomic E-state index is 8.59. The molecule has 0 aliphatic rings. The second kappa shape index (κ2) is 5.61. The Kier molecular flexibility index (Phi) is 4.41. The maximum Gasteiger partial charge on any atom is 0.183 e. The van der Waals surface area contributed by atoms with Gasteiger partial charge >= 0.3 is 0 Å². The van der Waals surface area contributed by atoms with E-state index in [1.165, 1.54) is 17.8 Å². The van der Waals surface area contributed by atoms with Gasteiger partial charge in [0.05, 0.1) is 6.20 Å². The molecule has 3 nitrogen and oxygen atoms in total. The van der Waals surface area contributed by atoms with Crippen molar-refractivity contribution in [3.8, 4) is 6.07 Å². The third-order valence-corrected chi connectivity index (χ3v) is 2.71. The number of anilines is 1. The third-order valence-electron chi connectivity index (χ3n) is 1.85. The molecule has 0 unspecified atom stereocenters. The number of aromatic nitrogens is 1. The summed E-state index contributed by atoms with van der Waals surface area (Å²) in [7, 11) is 0. The van der Waals surface area contributed by atoms with Crippen LogP contribution in [-0.2, 0) is 0 Å². The van der Waals surface area contributed by atoms with Gasteiger partial charge in [0.2, 0.25) is 0 Å². The Morgan fingerprint density at radius 2 is 2.43 bits per heavy atom. The fourth-order valence-electron chi connectivity index (χ4n) is 1.11. The van der Waals surface area contributed by atoms with Crippen molar-refractivity contribution in [2.45, 2.75) is 26.7 Å². The van der Waals surface area contributed by atoms with E-state index in [0.29, 0.717) is 4.88 Å². The van der Waals surface area contributed by atoms with Crippen LogP contribution in [0.25, 0.3) is 0 Å². The molecule has 0 spiro atoms. The van der Waals surface area contributed by atoms with Gasteiger partial charge in [0.15, 0.2) is 5.13 Å². The second-order valence-corrected chi connectivity index (χ2v) is 4.63. The minimum atomic E-state index is 0.663. The molecule has 0 saturated carbocycles. The zero-order valence-corrected chi connectivity index (χ0v) is 9.40. The maximum absolute atomic E-state index is 8.59. The van der Waals surface area contributed by atoms with E-state index in [1.807, 2.05) is 0 Å². The second-order valence-electron chi connectivity index (χ2n) is 3.60. The standard InChI is InChI=1S/C10H15N3S/c1-8(2)4-3-5-12-10-13-7-9(6-11)14-10/h7-8H,3-5H2,1-2H3,(H,12,13). The predicted molar refractivity (Wildman–Crippen MR) is 59.4 cm³/mol. The van der Waals surface area contributed by atoms with Crippen LogP contribution in [0.4, 0.5) is 5.13 Å². The van der Waals surface area contributed by atoms with Crippen LogP contribution in [0.15, 0.2) is 6.20 Å². The van der Waals surface area contributed by atoms with Gasteiger partial charge in [0.1, 0.15) is 10.9 Å². The predicted octanol–water partition coefficient (Wildman–Crippen LogP) is 2.86. The van der Waals surface area contributed by atoms with Crippen molar-refractivity contribution >= 4 is 16.5 Å². The number of thiazole rings is 1. The van der Waals surface area contributed by atoms with E-state index in [2.05, 4.69) is 30.2 Å². The first-order chi connectivity index (χ1) is 6.72. The van der Waals surface area contributed by atoms with Gasteiger partial charge in [0, 0.05) is 6.54 Å². The summed E-state index contributed by atoms with van der Waals surface area (Å²) in [6.45, 7) is 5.38. The minimum absolute atomic E-state index is 0.663. The Labute approximate surface area is 88.8 Å². The highest BCUT2D eigenvalue weighted by Gasteiger charge is 1.99. The first-order valence-electron chi connectivity index (χ1n) is 4.82. The summed E-state index contributed by atoms with van der Waals surface area (Å²) >= 11 is 1.41. The van der Waals surface area contributed by atoms with E-state index in [1.54, 1.807) is 6.20 Å². The topological polar surface area (TPSA) is 48.7 Å². The van der Waals surface area contributed by atoms with E-state index >= 15 is 0 Å². The van der Waals surface area contributed by atoms with E-state index in [9.17, 15) is 0 Å². The molecule has 14 heavy (non-hydrogen) atoms. The van der Waals surface area contributed by atoms with Crippen molar-refractivity contribution in [3.05, 3.63) is 11.1 Å². The molecular formula is C10H15N3S. The van der Waals surface area contributed by atoms with Gasteiger partial charge in [-0.3, -0.25) is 0 Å². The van der Waals surface area contributed by atoms with Crippen molar-refractivity contribution in [2.24, 2.45) is 5.92 Å². The molecule has 4 heteroatoms. The van der Waals surface area contributed by atoms with Gasteiger partial charge in [-0.15, -0.1) is 0 Å². The van der Waals surface area contributed by atoms with Crippen molar-refractivity contribution in [2.75, 3.05) is 11.9 Å². The highest BCUT2D eigenvalue weighted by Crippen LogP contribution is 2.16. The summed E-state index contributed by atoms with van der Waals surface area (Å²) in [5.41, 5.74) is 0. The molecule has 0 aliphatic heterocycles. The number of hydrogen-bond acceptors (Lipinski definition) is 4. The average molecular weight is 209 g/mol. The van der Waals surface area contributed by atoms with Gasteiger partial charge in [-0.2, -0.15) is 5.26 Å². The van der Waals surface area contributed by atoms with Gasteiger partial charge < -0.3 is 5.32 Å². The highest BCUT2D eigenvalue weighted by atomic mass is 32.1. The van der Waals surface area contributed by atoms with Gasteiger partial charge in [-0.1, -0.05) is 25.2 Å². The summed E-state index contributed by atoms with van der Waals surface area (Å²) in [5.74, 6) is 0.753. The van der Waals surface area contributed by atoms with Crippen LogP contribution < -0.4 is 5.32 Å². The SMILES string of the molecule is CC(C)CCCNc1ncc(C#N)s1. The van der Waals surface area contributed by atoms with Crippen LogP contribution in [0.3, 0.4) is 0 Å². The number of nitrogens with zero attached hydrogens (tertiary/aromatic N) is 2. The fraction of sp³-hybridized carbons (Fsp3) is 0.600. The molecule has 0 radical (unpaired) electrons. The van der Waals surface area contributed by atoms with E-state index < -0.39 is 0 Å². The fourth-order valence-corrected chi connectivity index (χ4v) is 1.75. The monoisotopic (exact) mass is 209 g/mol. The van der Waals surface area contributed by atoms with Crippen LogP contribution >= 0.6 is 11.3 Å². The van der Waals surface area contributed by atoms with Crippen molar-refractivity contribution in [1.29, 1.82) is 5.26 Å². The summed E-state index contributed by atoms with van der Waals surface area (Å²) < 4.78 is 0. The van der Waals surface area contributed by atoms with Crippen molar-refractivity contribution in [1.82, 2.24) is 4.98 Å². The molecule has 0 bridgehead atoms. The zero-order chi connectivity index (χ0) is 10.4. The zero-order valence-electron chi connectivity index (χ0n) is 8.58. The Hall–Kier alpha value is -1.08. The number of nitrogens with one attached hydrogen (secondary N) is 1. The third kappa shape index (κ3) is 3.75. The van der Waals surface area contributed by atoms with Crippen LogP contribution in [-0.4, -0.2) is 11.5 Å². The lowest BCUT2D eigenvalue weighted by Crippen LogP contribution is -2.02. The van der Waals surface area contributed by atoms with Crippen LogP contribution in [0, 0.1) is 17.2 Å². The number of rotatable bonds is 5. The molecule has 0 fully saturated rings. The summed E-state index contributed by atoms with van der Waals surface area (Å²) in [6, 6.07) is 2.07. The first kappa shape index (κ1) is 11.0. The largest absolute Gasteiger partial charge is 0.361 e. The molecule has 1 rings (SSSR count). The molecule has 76 valence electrons. The summed E-state index contributed by atoms with van der Waals surface area (Å²) in [5, 5.41) is 12.7. The molecule has 1 heterocycles. The lowest BCUT2D eigenvalue weighted by molar-refractivity contribution is 0.567. The van der Waals surface area contributed by atoms with Crippen LogP contribution in [0.5, 0.6) is 0 Å². The molecule has 0 aliphatic carbocycles. The molecule has 0 saturated heterocycles. The number of hydrogen-bond donors (Lipinski definition) is 1. The van der Waals surface area contributed by atoms with Gasteiger partial charge in [-0.25, -0.2) is 4.98 Å². The minimum Gasteiger partial charge on any atom is -0.361 e. The van der Waals surface area contributed by atoms with E-state index in [-0.39, 0.29) is 0 Å². The van der Waals surface area contributed by atoms with Crippen LogP contribution in [0.1, 0.15) is 31.6 Å². The van der Waals surface area contributed by atoms with Crippen molar-refractivity contribution in [3.63, 3.8) is 0 Å². The summed E-state index contributed by atoms with van der Waals surface area (Å²) in [4.78, 5) is 4.75. The quantitative estimate of drug-likeness (QED) is 0.758. The number of nitriles is 1. The van der Waals surface area contributed by atoms with Gasteiger partial charge in [-0.05, 0) is 18.8 Å². The van der Waals surface area contributed by atoms with Crippen molar-refractivity contribution < 1.29 is 0 Å². The molecule has 1 aromatic heterocycles. The average Bonchev–Trinajstić information content (AvgIpc) is 2.60. The Morgan fingerprint density at radius 3 is 3.00 bits per heavy atom. The molecule has 0 aromatic carbocycles. The van der Waals surface area contributed by atoms with E-state index in [0.717, 1.165) is 24.0 Å². The Balaban J connectivity index is 2.22. The highest BCUT2D eigenvalue weighted by molar-refractivity contribution is 7.16. The Morgan fingerprint density at radius 1 is 1.64 bits per heavy atom. The van der Waals surface area contributed by atoms with Crippen LogP contribution in [0.2, 0.25) is 0 Å². The lowest BCUT2D eigenvalue weighted by Gasteiger charge is -2.04. The first-order valence-corrected chi connectivity index (χ1v) is 5.64. The smallest absolute Gasteiger partial charge is 0.183 e. The lowest BCUT2D eigenvalue weighted by atomic mass is 10.1. The molecular weight excluding hydrogens is 194 g/mol.